The van der Waals surface area contributed by atoms with Crippen LogP contribution in [0.4, 0.5) is 0 Å². The molecule has 0 fully saturated rings. The second-order valence-electron chi connectivity index (χ2n) is 5.01. The van der Waals surface area contributed by atoms with E-state index in [1.807, 2.05) is 37.1 Å². The molecule has 0 radical (unpaired) electrons. The predicted molar refractivity (Wildman–Crippen MR) is 82.9 cm³/mol. The summed E-state index contributed by atoms with van der Waals surface area (Å²) in [6.45, 7) is 0. The van der Waals surface area contributed by atoms with Crippen LogP contribution in [0.15, 0.2) is 30.6 Å². The first-order valence-corrected chi connectivity index (χ1v) is 7.04. The topological polar surface area (TPSA) is 48.3 Å². The van der Waals surface area contributed by atoms with E-state index in [-0.39, 0.29) is 6.04 Å². The molecule has 0 spiro atoms. The van der Waals surface area contributed by atoms with Gasteiger partial charge in [-0.15, -0.1) is 0 Å². The zero-order chi connectivity index (χ0) is 15.2. The largest absolute Gasteiger partial charge is 0.497 e. The molecule has 0 aliphatic carbocycles. The van der Waals surface area contributed by atoms with Gasteiger partial charge in [-0.1, -0.05) is 6.07 Å². The predicted octanol–water partition coefficient (Wildman–Crippen LogP) is 2.33. The van der Waals surface area contributed by atoms with Gasteiger partial charge in [0.25, 0.3) is 0 Å². The molecular formula is C16H23N3O2. The molecule has 0 aliphatic rings. The lowest BCUT2D eigenvalue weighted by Crippen LogP contribution is -2.18. The van der Waals surface area contributed by atoms with Crippen LogP contribution in [0.3, 0.4) is 0 Å². The van der Waals surface area contributed by atoms with E-state index in [2.05, 4.69) is 22.7 Å². The minimum atomic E-state index is 0.228. The van der Waals surface area contributed by atoms with Crippen LogP contribution < -0.4 is 14.8 Å². The van der Waals surface area contributed by atoms with E-state index in [0.29, 0.717) is 0 Å². The maximum atomic E-state index is 5.49. The second-order valence-corrected chi connectivity index (χ2v) is 5.01. The molecule has 0 aliphatic heterocycles. The van der Waals surface area contributed by atoms with Crippen molar-refractivity contribution in [1.82, 2.24) is 15.1 Å². The van der Waals surface area contributed by atoms with Crippen LogP contribution >= 0.6 is 0 Å². The summed E-state index contributed by atoms with van der Waals surface area (Å²) in [5, 5.41) is 7.56. The highest BCUT2D eigenvalue weighted by molar-refractivity contribution is 5.42. The summed E-state index contributed by atoms with van der Waals surface area (Å²) < 4.78 is 12.6. The van der Waals surface area contributed by atoms with Crippen molar-refractivity contribution in [2.45, 2.75) is 18.9 Å². The number of nitrogens with zero attached hydrogens (tertiary/aromatic N) is 2. The number of aryl methyl sites for hydroxylation is 2. The molecule has 1 heterocycles. The van der Waals surface area contributed by atoms with E-state index < -0.39 is 0 Å². The molecule has 0 bridgehead atoms. The average molecular weight is 289 g/mol. The Hall–Kier alpha value is -2.01. The number of ether oxygens (including phenoxy) is 2. The molecule has 2 rings (SSSR count). The fourth-order valence-corrected chi connectivity index (χ4v) is 2.47. The van der Waals surface area contributed by atoms with Gasteiger partial charge in [0.15, 0.2) is 0 Å². The second kappa shape index (κ2) is 7.13. The van der Waals surface area contributed by atoms with Gasteiger partial charge in [0.1, 0.15) is 11.5 Å². The Kier molecular flexibility index (Phi) is 5.22. The minimum absolute atomic E-state index is 0.228. The van der Waals surface area contributed by atoms with E-state index in [1.54, 1.807) is 14.2 Å². The summed E-state index contributed by atoms with van der Waals surface area (Å²) in [6.07, 6.45) is 5.91. The smallest absolute Gasteiger partial charge is 0.127 e. The van der Waals surface area contributed by atoms with Gasteiger partial charge in [0.05, 0.1) is 20.4 Å². The zero-order valence-electron chi connectivity index (χ0n) is 13.1. The highest BCUT2D eigenvalue weighted by Gasteiger charge is 2.15. The van der Waals surface area contributed by atoms with Crippen molar-refractivity contribution in [2.24, 2.45) is 7.05 Å². The molecule has 1 aromatic heterocycles. The fraction of sp³-hybridized carbons (Fsp3) is 0.438. The Bertz CT molecular complexity index is 581. The lowest BCUT2D eigenvalue weighted by Gasteiger charge is -2.19. The van der Waals surface area contributed by atoms with Crippen molar-refractivity contribution >= 4 is 0 Å². The van der Waals surface area contributed by atoms with E-state index in [0.717, 1.165) is 29.9 Å². The number of hydrogen-bond acceptors (Lipinski definition) is 4. The van der Waals surface area contributed by atoms with Crippen LogP contribution in [0.25, 0.3) is 0 Å². The van der Waals surface area contributed by atoms with Gasteiger partial charge in [0, 0.05) is 30.9 Å². The van der Waals surface area contributed by atoms with Gasteiger partial charge in [-0.3, -0.25) is 4.68 Å². The van der Waals surface area contributed by atoms with Crippen LogP contribution in [0, 0.1) is 0 Å². The summed E-state index contributed by atoms with van der Waals surface area (Å²) in [5.74, 6) is 1.65. The monoisotopic (exact) mass is 289 g/mol. The Morgan fingerprint density at radius 3 is 2.67 bits per heavy atom. The van der Waals surface area contributed by atoms with Crippen molar-refractivity contribution in [1.29, 1.82) is 0 Å². The fourth-order valence-electron chi connectivity index (χ4n) is 2.47. The quantitative estimate of drug-likeness (QED) is 0.850. The van der Waals surface area contributed by atoms with Gasteiger partial charge in [-0.25, -0.2) is 0 Å². The molecule has 0 saturated carbocycles. The minimum Gasteiger partial charge on any atom is -0.497 e. The van der Waals surface area contributed by atoms with E-state index in [1.165, 1.54) is 5.56 Å². The third-order valence-electron chi connectivity index (χ3n) is 3.64. The van der Waals surface area contributed by atoms with Crippen LogP contribution in [-0.4, -0.2) is 31.0 Å². The Morgan fingerprint density at radius 1 is 1.29 bits per heavy atom. The number of hydrogen-bond donors (Lipinski definition) is 1. The van der Waals surface area contributed by atoms with Gasteiger partial charge in [-0.2, -0.15) is 5.10 Å². The number of nitrogens with one attached hydrogen (secondary N) is 1. The molecule has 1 aromatic carbocycles. The Balaban J connectivity index is 2.12. The van der Waals surface area contributed by atoms with Crippen molar-refractivity contribution in [3.8, 4) is 11.5 Å². The highest BCUT2D eigenvalue weighted by Crippen LogP contribution is 2.31. The van der Waals surface area contributed by atoms with Gasteiger partial charge in [0.2, 0.25) is 0 Å². The summed E-state index contributed by atoms with van der Waals surface area (Å²) in [7, 11) is 7.25. The Labute approximate surface area is 125 Å². The van der Waals surface area contributed by atoms with Gasteiger partial charge < -0.3 is 14.8 Å². The first-order valence-electron chi connectivity index (χ1n) is 7.04. The Morgan fingerprint density at radius 2 is 2.10 bits per heavy atom. The summed E-state index contributed by atoms with van der Waals surface area (Å²) in [6, 6.07) is 6.17. The molecule has 21 heavy (non-hydrogen) atoms. The first-order chi connectivity index (χ1) is 10.2. The molecule has 114 valence electrons. The highest BCUT2D eigenvalue weighted by atomic mass is 16.5. The van der Waals surface area contributed by atoms with Gasteiger partial charge >= 0.3 is 0 Å². The molecule has 1 N–H and O–H groups in total. The maximum Gasteiger partial charge on any atom is 0.127 e. The molecule has 2 aromatic rings. The van der Waals surface area contributed by atoms with Crippen molar-refractivity contribution < 1.29 is 9.47 Å². The van der Waals surface area contributed by atoms with Crippen LogP contribution in [0.1, 0.15) is 23.6 Å². The standard InChI is InChI=1S/C16H23N3O2/c1-17-15(8-5-12-10-18-19(2)11-12)14-7-6-13(20-3)9-16(14)21-4/h6-7,9-11,15,17H,5,8H2,1-4H3. The summed E-state index contributed by atoms with van der Waals surface area (Å²) in [4.78, 5) is 0. The van der Waals surface area contributed by atoms with E-state index >= 15 is 0 Å². The normalized spacial score (nSPS) is 12.2. The first kappa shape index (κ1) is 15.4. The van der Waals surface area contributed by atoms with Crippen molar-refractivity contribution in [3.05, 3.63) is 41.7 Å². The third kappa shape index (κ3) is 3.76. The number of methoxy groups -OCH3 is 2. The maximum absolute atomic E-state index is 5.49. The molecule has 0 amide bonds. The number of rotatable bonds is 7. The van der Waals surface area contributed by atoms with Crippen molar-refractivity contribution in [3.63, 3.8) is 0 Å². The summed E-state index contributed by atoms with van der Waals surface area (Å²) in [5.41, 5.74) is 2.38. The van der Waals surface area contributed by atoms with E-state index in [9.17, 15) is 0 Å². The van der Waals surface area contributed by atoms with E-state index in [4.69, 9.17) is 9.47 Å². The van der Waals surface area contributed by atoms with Crippen LogP contribution in [0.2, 0.25) is 0 Å². The molecular weight excluding hydrogens is 266 g/mol. The van der Waals surface area contributed by atoms with Crippen LogP contribution in [0.5, 0.6) is 11.5 Å². The van der Waals surface area contributed by atoms with Crippen molar-refractivity contribution in [2.75, 3.05) is 21.3 Å². The van der Waals surface area contributed by atoms with Gasteiger partial charge in [-0.05, 0) is 31.5 Å². The lowest BCUT2D eigenvalue weighted by molar-refractivity contribution is 0.384. The molecule has 1 unspecified atom stereocenters. The van der Waals surface area contributed by atoms with Crippen LogP contribution in [-0.2, 0) is 13.5 Å². The lowest BCUT2D eigenvalue weighted by atomic mass is 9.99. The summed E-state index contributed by atoms with van der Waals surface area (Å²) >= 11 is 0. The third-order valence-corrected chi connectivity index (χ3v) is 3.64. The molecule has 5 heteroatoms. The SMILES string of the molecule is CNC(CCc1cnn(C)c1)c1ccc(OC)cc1OC. The number of benzene rings is 1. The number of aromatic nitrogens is 2. The molecule has 5 nitrogen and oxygen atoms in total. The molecule has 1 atom stereocenters. The zero-order valence-corrected chi connectivity index (χ0v) is 13.1. The average Bonchev–Trinajstić information content (AvgIpc) is 2.93. The molecule has 0 saturated heterocycles.